The SMILES string of the molecule is CC/C=C\C/C=C\C/C=C\C/C=C\C/C=C\C/C=C\CCCCCCCOCC(COP(=O)([O-])OCC[N+](C)(C)C)OC(=O)CCCCCCCC/C=C\C/C=C\C/C=C\CCCCCCC. The number of quaternary nitrogens is 1. The average Bonchev–Trinajstić information content (AvgIpc) is 3.29. The molecule has 2 atom stereocenters. The van der Waals surface area contributed by atoms with E-state index in [9.17, 15) is 14.3 Å². The van der Waals surface area contributed by atoms with Gasteiger partial charge in [0.1, 0.15) is 19.3 Å². The van der Waals surface area contributed by atoms with Gasteiger partial charge in [-0.25, -0.2) is 0 Å². The van der Waals surface area contributed by atoms with Crippen LogP contribution >= 0.6 is 7.82 Å². The van der Waals surface area contributed by atoms with Crippen LogP contribution in [-0.4, -0.2) is 70.7 Å². The standard InChI is InChI=1S/C58H100NO7P/c1-6-8-10-12-14-16-18-20-22-24-26-28-29-30-32-34-36-38-40-42-44-46-48-50-53-63-55-57(56-65-67(61,62)64-54-52-59(3,4)5)66-58(60)51-49-47-45-43-41-39-37-35-33-31-27-25-23-21-19-17-15-13-11-9-7-2/h8,10,14,16,19-22,25-28,30,32-33,35-36,38,57H,6-7,9,11-13,15,17-18,23-24,29,31,34,37,39-56H2,1-5H3/b10-8-,16-14-,21-19-,22-20-,27-25-,28-26-,32-30-,35-33-,38-36-. The lowest BCUT2D eigenvalue weighted by molar-refractivity contribution is -0.870. The third kappa shape index (κ3) is 54.0. The highest BCUT2D eigenvalue weighted by Gasteiger charge is 2.20. The van der Waals surface area contributed by atoms with Crippen LogP contribution in [0.3, 0.4) is 0 Å². The molecule has 0 aliphatic heterocycles. The van der Waals surface area contributed by atoms with E-state index in [1.54, 1.807) is 0 Å². The first-order chi connectivity index (χ1) is 32.6. The highest BCUT2D eigenvalue weighted by molar-refractivity contribution is 7.45. The Morgan fingerprint density at radius 2 is 0.866 bits per heavy atom. The van der Waals surface area contributed by atoms with Gasteiger partial charge in [-0.1, -0.05) is 194 Å². The van der Waals surface area contributed by atoms with Crippen molar-refractivity contribution < 1.29 is 37.3 Å². The largest absolute Gasteiger partial charge is 0.756 e. The molecule has 0 amide bonds. The number of nitrogens with zero attached hydrogens (tertiary/aromatic N) is 1. The number of allylic oxidation sites excluding steroid dienone is 18. The van der Waals surface area contributed by atoms with Gasteiger partial charge in [0.25, 0.3) is 7.82 Å². The van der Waals surface area contributed by atoms with Crippen LogP contribution < -0.4 is 4.89 Å². The summed E-state index contributed by atoms with van der Waals surface area (Å²) in [6.45, 7) is 5.20. The maximum absolute atomic E-state index is 12.8. The molecule has 0 heterocycles. The first kappa shape index (κ1) is 64.2. The summed E-state index contributed by atoms with van der Waals surface area (Å²) in [6, 6.07) is 0. The molecule has 384 valence electrons. The highest BCUT2D eigenvalue weighted by Crippen LogP contribution is 2.38. The second kappa shape index (κ2) is 49.6. The van der Waals surface area contributed by atoms with Crippen molar-refractivity contribution in [3.05, 3.63) is 109 Å². The lowest BCUT2D eigenvalue weighted by Crippen LogP contribution is -2.37. The van der Waals surface area contributed by atoms with E-state index in [2.05, 4.69) is 123 Å². The van der Waals surface area contributed by atoms with E-state index < -0.39 is 13.9 Å². The summed E-state index contributed by atoms with van der Waals surface area (Å²) in [5.41, 5.74) is 0. The number of unbranched alkanes of at least 4 members (excludes halogenated alkanes) is 16. The maximum atomic E-state index is 12.8. The van der Waals surface area contributed by atoms with Gasteiger partial charge in [-0.05, 0) is 103 Å². The Balaban J connectivity index is 4.25. The fraction of sp³-hybridized carbons (Fsp3) is 0.672. The van der Waals surface area contributed by atoms with Crippen LogP contribution in [0, 0.1) is 0 Å². The van der Waals surface area contributed by atoms with Crippen LogP contribution in [0.25, 0.3) is 0 Å². The number of ether oxygens (including phenoxy) is 2. The van der Waals surface area contributed by atoms with Gasteiger partial charge in [0.2, 0.25) is 0 Å². The van der Waals surface area contributed by atoms with Crippen LogP contribution in [0.2, 0.25) is 0 Å². The highest BCUT2D eigenvalue weighted by atomic mass is 31.2. The van der Waals surface area contributed by atoms with Crippen molar-refractivity contribution in [1.82, 2.24) is 0 Å². The number of carbonyl (C=O) groups is 1. The van der Waals surface area contributed by atoms with Crippen molar-refractivity contribution in [3.63, 3.8) is 0 Å². The van der Waals surface area contributed by atoms with E-state index in [-0.39, 0.29) is 32.2 Å². The third-order valence-corrected chi connectivity index (χ3v) is 11.8. The van der Waals surface area contributed by atoms with Gasteiger partial charge in [0.15, 0.2) is 0 Å². The lowest BCUT2D eigenvalue weighted by atomic mass is 10.1. The van der Waals surface area contributed by atoms with Crippen molar-refractivity contribution in [1.29, 1.82) is 0 Å². The van der Waals surface area contributed by atoms with Crippen LogP contribution in [0.4, 0.5) is 0 Å². The minimum Gasteiger partial charge on any atom is -0.756 e. The molecule has 0 aromatic rings. The molecule has 0 saturated carbocycles. The molecule has 0 N–H and O–H groups in total. The minimum absolute atomic E-state index is 0.0125. The van der Waals surface area contributed by atoms with Crippen LogP contribution in [0.15, 0.2) is 109 Å². The molecular weight excluding hydrogens is 854 g/mol. The Kier molecular flexibility index (Phi) is 47.5. The van der Waals surface area contributed by atoms with Gasteiger partial charge in [-0.15, -0.1) is 0 Å². The fourth-order valence-corrected chi connectivity index (χ4v) is 7.46. The molecule has 67 heavy (non-hydrogen) atoms. The quantitative estimate of drug-likeness (QED) is 0.0197. The van der Waals surface area contributed by atoms with E-state index in [0.29, 0.717) is 17.6 Å². The van der Waals surface area contributed by atoms with Crippen LogP contribution in [0.1, 0.15) is 194 Å². The summed E-state index contributed by atoms with van der Waals surface area (Å²) in [4.78, 5) is 25.2. The molecule has 0 fully saturated rings. The van der Waals surface area contributed by atoms with Crippen LogP contribution in [0.5, 0.6) is 0 Å². The lowest BCUT2D eigenvalue weighted by Gasteiger charge is -2.28. The minimum atomic E-state index is -4.55. The number of hydrogen-bond acceptors (Lipinski definition) is 7. The van der Waals surface area contributed by atoms with Gasteiger partial charge in [-0.3, -0.25) is 9.36 Å². The normalized spacial score (nSPS) is 14.4. The molecule has 8 nitrogen and oxygen atoms in total. The number of esters is 1. The van der Waals surface area contributed by atoms with Gasteiger partial charge in [0.05, 0.1) is 34.4 Å². The van der Waals surface area contributed by atoms with E-state index in [1.807, 2.05) is 21.1 Å². The number of rotatable bonds is 48. The van der Waals surface area contributed by atoms with Crippen molar-refractivity contribution >= 4 is 13.8 Å². The van der Waals surface area contributed by atoms with E-state index in [0.717, 1.165) is 109 Å². The number of hydrogen-bond donors (Lipinski definition) is 0. The summed E-state index contributed by atoms with van der Waals surface area (Å²) in [5, 5.41) is 0. The topological polar surface area (TPSA) is 94.1 Å². The summed E-state index contributed by atoms with van der Waals surface area (Å²) in [5.74, 6) is -0.358. The zero-order valence-corrected chi connectivity index (χ0v) is 44.5. The third-order valence-electron chi connectivity index (χ3n) is 10.8. The van der Waals surface area contributed by atoms with Crippen molar-refractivity contribution in [2.45, 2.75) is 200 Å². The van der Waals surface area contributed by atoms with Gasteiger partial charge in [-0.2, -0.15) is 0 Å². The molecule has 2 unspecified atom stereocenters. The zero-order chi connectivity index (χ0) is 49.0. The summed E-state index contributed by atoms with van der Waals surface area (Å²) in [7, 11) is 1.31. The molecule has 0 saturated heterocycles. The van der Waals surface area contributed by atoms with E-state index in [1.165, 1.54) is 64.2 Å². The molecule has 0 aromatic carbocycles. The second-order valence-electron chi connectivity index (χ2n) is 18.5. The van der Waals surface area contributed by atoms with E-state index in [4.69, 9.17) is 18.5 Å². The zero-order valence-electron chi connectivity index (χ0n) is 43.6. The number of carbonyl (C=O) groups excluding carboxylic acids is 1. The van der Waals surface area contributed by atoms with Gasteiger partial charge in [0, 0.05) is 13.0 Å². The Bertz CT molecular complexity index is 1430. The van der Waals surface area contributed by atoms with E-state index >= 15 is 0 Å². The van der Waals surface area contributed by atoms with Gasteiger partial charge >= 0.3 is 5.97 Å². The summed E-state index contributed by atoms with van der Waals surface area (Å²) < 4.78 is 34.7. The number of phosphoric acid groups is 1. The first-order valence-corrected chi connectivity index (χ1v) is 28.1. The fourth-order valence-electron chi connectivity index (χ4n) is 6.73. The smallest absolute Gasteiger partial charge is 0.306 e. The molecule has 9 heteroatoms. The first-order valence-electron chi connectivity index (χ1n) is 26.6. The summed E-state index contributed by atoms with van der Waals surface area (Å²) >= 11 is 0. The second-order valence-corrected chi connectivity index (χ2v) is 19.9. The van der Waals surface area contributed by atoms with Crippen LogP contribution in [-0.2, 0) is 27.9 Å². The Morgan fingerprint density at radius 1 is 0.478 bits per heavy atom. The molecule has 0 aliphatic carbocycles. The molecule has 0 bridgehead atoms. The maximum Gasteiger partial charge on any atom is 0.306 e. The Labute approximate surface area is 412 Å². The molecular formula is C58H100NO7P. The molecule has 0 aliphatic rings. The predicted molar refractivity (Wildman–Crippen MR) is 286 cm³/mol. The van der Waals surface area contributed by atoms with Crippen molar-refractivity contribution in [2.75, 3.05) is 54.1 Å². The summed E-state index contributed by atoms with van der Waals surface area (Å²) in [6.07, 6.45) is 69.7. The van der Waals surface area contributed by atoms with Crippen molar-refractivity contribution in [2.24, 2.45) is 0 Å². The molecule has 0 spiro atoms. The predicted octanol–water partition coefficient (Wildman–Crippen LogP) is 16.1. The molecule has 0 aromatic heterocycles. The van der Waals surface area contributed by atoms with Crippen molar-refractivity contribution in [3.8, 4) is 0 Å². The Morgan fingerprint density at radius 3 is 1.30 bits per heavy atom. The molecule has 0 radical (unpaired) electrons. The number of likely N-dealkylation sites (N-methyl/N-ethyl adjacent to an activating group) is 1. The van der Waals surface area contributed by atoms with Gasteiger partial charge < -0.3 is 27.9 Å². The Hall–Kier alpha value is -2.84. The monoisotopic (exact) mass is 954 g/mol. The molecule has 0 rings (SSSR count). The number of phosphoric ester groups is 1. The average molecular weight is 954 g/mol.